The van der Waals surface area contributed by atoms with Gasteiger partial charge in [0, 0.05) is 18.0 Å². The second-order valence-electron chi connectivity index (χ2n) is 6.59. The number of aliphatic hydroxyl groups is 1. The standard InChI is InChI=1S/C14H26N4O3/c1-5-14(20,10-16-17-15)11-6-8-18(9-7-11)12(19)21-13(2,3)4/h11,20H,5-10H2,1-4H3. The van der Waals surface area contributed by atoms with E-state index < -0.39 is 11.2 Å². The summed E-state index contributed by atoms with van der Waals surface area (Å²) in [7, 11) is 0. The van der Waals surface area contributed by atoms with Crippen LogP contribution in [0.3, 0.4) is 0 Å². The molecule has 0 bridgehead atoms. The van der Waals surface area contributed by atoms with Gasteiger partial charge < -0.3 is 14.7 Å². The van der Waals surface area contributed by atoms with E-state index in [0.717, 1.165) is 0 Å². The van der Waals surface area contributed by atoms with Crippen molar-refractivity contribution in [2.75, 3.05) is 19.6 Å². The number of hydrogen-bond acceptors (Lipinski definition) is 4. The topological polar surface area (TPSA) is 98.5 Å². The fraction of sp³-hybridized carbons (Fsp3) is 0.929. The summed E-state index contributed by atoms with van der Waals surface area (Å²) in [6.45, 7) is 8.59. The molecule has 1 rings (SSSR count). The molecule has 1 heterocycles. The Morgan fingerprint density at radius 2 is 2.00 bits per heavy atom. The number of rotatable bonds is 4. The van der Waals surface area contributed by atoms with Crippen LogP contribution in [0.15, 0.2) is 5.11 Å². The van der Waals surface area contributed by atoms with Gasteiger partial charge in [-0.2, -0.15) is 0 Å². The van der Waals surface area contributed by atoms with Gasteiger partial charge in [-0.3, -0.25) is 0 Å². The number of azide groups is 1. The van der Waals surface area contributed by atoms with E-state index in [1.165, 1.54) is 0 Å². The maximum atomic E-state index is 12.0. The van der Waals surface area contributed by atoms with Gasteiger partial charge in [-0.15, -0.1) is 0 Å². The molecule has 0 aliphatic carbocycles. The van der Waals surface area contributed by atoms with Crippen molar-refractivity contribution in [2.45, 2.75) is 58.2 Å². The van der Waals surface area contributed by atoms with Gasteiger partial charge in [0.1, 0.15) is 5.60 Å². The maximum absolute atomic E-state index is 12.0. The van der Waals surface area contributed by atoms with E-state index in [9.17, 15) is 9.90 Å². The third kappa shape index (κ3) is 5.10. The Balaban J connectivity index is 2.58. The molecule has 120 valence electrons. The summed E-state index contributed by atoms with van der Waals surface area (Å²) in [6, 6.07) is 0. The molecule has 0 radical (unpaired) electrons. The van der Waals surface area contributed by atoms with Crippen LogP contribution in [0.2, 0.25) is 0 Å². The van der Waals surface area contributed by atoms with Crippen LogP contribution in [0.5, 0.6) is 0 Å². The van der Waals surface area contributed by atoms with Crippen LogP contribution < -0.4 is 0 Å². The van der Waals surface area contributed by atoms with Crippen molar-refractivity contribution in [3.05, 3.63) is 10.4 Å². The molecule has 21 heavy (non-hydrogen) atoms. The first-order valence-electron chi connectivity index (χ1n) is 7.43. The Morgan fingerprint density at radius 3 is 2.43 bits per heavy atom. The lowest BCUT2D eigenvalue weighted by Crippen LogP contribution is -2.49. The highest BCUT2D eigenvalue weighted by Gasteiger charge is 2.38. The summed E-state index contributed by atoms with van der Waals surface area (Å²) in [5.74, 6) is 0.0340. The Hall–Kier alpha value is -1.46. The minimum absolute atomic E-state index is 0.0340. The quantitative estimate of drug-likeness (QED) is 0.490. The number of carbonyl (C=O) groups is 1. The predicted molar refractivity (Wildman–Crippen MR) is 79.8 cm³/mol. The normalized spacial score (nSPS) is 19.6. The second kappa shape index (κ2) is 7.00. The molecular weight excluding hydrogens is 272 g/mol. The predicted octanol–water partition coefficient (Wildman–Crippen LogP) is 3.08. The van der Waals surface area contributed by atoms with Crippen LogP contribution in [0.4, 0.5) is 4.79 Å². The summed E-state index contributed by atoms with van der Waals surface area (Å²) in [5.41, 5.74) is 6.94. The molecule has 0 aromatic carbocycles. The van der Waals surface area contributed by atoms with Crippen LogP contribution in [0.1, 0.15) is 47.0 Å². The fourth-order valence-electron chi connectivity index (χ4n) is 2.61. The number of amides is 1. The highest BCUT2D eigenvalue weighted by Crippen LogP contribution is 2.32. The number of nitrogens with zero attached hydrogens (tertiary/aromatic N) is 4. The van der Waals surface area contributed by atoms with Gasteiger partial charge in [0.15, 0.2) is 0 Å². The first kappa shape index (κ1) is 17.6. The Morgan fingerprint density at radius 1 is 1.43 bits per heavy atom. The minimum Gasteiger partial charge on any atom is -0.444 e. The summed E-state index contributed by atoms with van der Waals surface area (Å²) in [5, 5.41) is 14.1. The van der Waals surface area contributed by atoms with Crippen molar-refractivity contribution < 1.29 is 14.6 Å². The SMILES string of the molecule is CCC(O)(CN=[N+]=[N-])C1CCN(C(=O)OC(C)(C)C)CC1. The zero-order chi connectivity index (χ0) is 16.1. The number of hydrogen-bond donors (Lipinski definition) is 1. The summed E-state index contributed by atoms with van der Waals surface area (Å²) in [6.07, 6.45) is 1.59. The molecule has 7 nitrogen and oxygen atoms in total. The Bertz CT molecular complexity index is 407. The zero-order valence-electron chi connectivity index (χ0n) is 13.4. The lowest BCUT2D eigenvalue weighted by atomic mass is 9.79. The van der Waals surface area contributed by atoms with E-state index in [1.54, 1.807) is 4.90 Å². The molecule has 1 N–H and O–H groups in total. The highest BCUT2D eigenvalue weighted by molar-refractivity contribution is 5.68. The number of piperidine rings is 1. The molecule has 0 saturated carbocycles. The minimum atomic E-state index is -0.980. The van der Waals surface area contributed by atoms with Gasteiger partial charge in [0.05, 0.1) is 12.1 Å². The second-order valence-corrected chi connectivity index (χ2v) is 6.59. The van der Waals surface area contributed by atoms with Crippen LogP contribution in [0.25, 0.3) is 10.4 Å². The van der Waals surface area contributed by atoms with Crippen molar-refractivity contribution in [2.24, 2.45) is 11.0 Å². The highest BCUT2D eigenvalue weighted by atomic mass is 16.6. The molecule has 0 spiro atoms. The molecule has 1 aliphatic heterocycles. The zero-order valence-corrected chi connectivity index (χ0v) is 13.4. The number of likely N-dealkylation sites (tertiary alicyclic amines) is 1. The largest absolute Gasteiger partial charge is 0.444 e. The fourth-order valence-corrected chi connectivity index (χ4v) is 2.61. The smallest absolute Gasteiger partial charge is 0.410 e. The number of ether oxygens (including phenoxy) is 1. The molecule has 0 aromatic heterocycles. The Kier molecular flexibility index (Phi) is 5.87. The first-order valence-corrected chi connectivity index (χ1v) is 7.43. The summed E-state index contributed by atoms with van der Waals surface area (Å²) < 4.78 is 5.35. The monoisotopic (exact) mass is 298 g/mol. The average molecular weight is 298 g/mol. The average Bonchev–Trinajstić information content (AvgIpc) is 2.43. The molecular formula is C14H26N4O3. The van der Waals surface area contributed by atoms with Gasteiger partial charge in [0.25, 0.3) is 0 Å². The molecule has 1 fully saturated rings. The van der Waals surface area contributed by atoms with E-state index in [-0.39, 0.29) is 18.6 Å². The van der Waals surface area contributed by atoms with Crippen molar-refractivity contribution in [1.82, 2.24) is 4.90 Å². The van der Waals surface area contributed by atoms with E-state index >= 15 is 0 Å². The van der Waals surface area contributed by atoms with Crippen LogP contribution in [-0.2, 0) is 4.74 Å². The van der Waals surface area contributed by atoms with E-state index in [1.807, 2.05) is 27.7 Å². The van der Waals surface area contributed by atoms with E-state index in [2.05, 4.69) is 10.0 Å². The maximum Gasteiger partial charge on any atom is 0.410 e. The van der Waals surface area contributed by atoms with Gasteiger partial charge >= 0.3 is 6.09 Å². The van der Waals surface area contributed by atoms with Crippen LogP contribution in [-0.4, -0.2) is 46.9 Å². The lowest BCUT2D eigenvalue weighted by Gasteiger charge is -2.40. The lowest BCUT2D eigenvalue weighted by molar-refractivity contribution is -0.0428. The van der Waals surface area contributed by atoms with E-state index in [4.69, 9.17) is 10.3 Å². The van der Waals surface area contributed by atoms with Crippen LogP contribution in [0, 0.1) is 5.92 Å². The molecule has 0 aromatic rings. The van der Waals surface area contributed by atoms with Gasteiger partial charge in [0.2, 0.25) is 0 Å². The van der Waals surface area contributed by atoms with Crippen molar-refractivity contribution in [3.63, 3.8) is 0 Å². The molecule has 1 aliphatic rings. The number of carbonyl (C=O) groups excluding carboxylic acids is 1. The van der Waals surface area contributed by atoms with Gasteiger partial charge in [-0.25, -0.2) is 4.79 Å². The third-order valence-corrected chi connectivity index (χ3v) is 3.93. The van der Waals surface area contributed by atoms with Crippen LogP contribution >= 0.6 is 0 Å². The first-order chi connectivity index (χ1) is 9.72. The van der Waals surface area contributed by atoms with Crippen molar-refractivity contribution in [3.8, 4) is 0 Å². The molecule has 7 heteroatoms. The molecule has 1 saturated heterocycles. The van der Waals surface area contributed by atoms with Crippen molar-refractivity contribution in [1.29, 1.82) is 0 Å². The molecule has 1 atom stereocenters. The Labute approximate surface area is 125 Å². The van der Waals surface area contributed by atoms with Gasteiger partial charge in [-0.05, 0) is 51.5 Å². The van der Waals surface area contributed by atoms with E-state index in [0.29, 0.717) is 32.4 Å². The van der Waals surface area contributed by atoms with Gasteiger partial charge in [-0.1, -0.05) is 12.0 Å². The van der Waals surface area contributed by atoms with Crippen molar-refractivity contribution >= 4 is 6.09 Å². The molecule has 1 unspecified atom stereocenters. The third-order valence-electron chi connectivity index (χ3n) is 3.93. The summed E-state index contributed by atoms with van der Waals surface area (Å²) >= 11 is 0. The molecule has 1 amide bonds. The summed E-state index contributed by atoms with van der Waals surface area (Å²) in [4.78, 5) is 16.4.